The van der Waals surface area contributed by atoms with Crippen LogP contribution < -0.4 is 0 Å². The second-order valence-electron chi connectivity index (χ2n) is 2.86. The minimum Gasteiger partial charge on any atom is -0.309 e. The van der Waals surface area contributed by atoms with E-state index < -0.39 is 0 Å². The third-order valence-electron chi connectivity index (χ3n) is 1.46. The van der Waals surface area contributed by atoms with Crippen LogP contribution in [0.4, 0.5) is 0 Å². The van der Waals surface area contributed by atoms with Gasteiger partial charge in [0.05, 0.1) is 0 Å². The Balaban J connectivity index is 0. The zero-order chi connectivity index (χ0) is 7.11. The van der Waals surface area contributed by atoms with Crippen LogP contribution in [0.1, 0.15) is 32.6 Å². The quantitative estimate of drug-likeness (QED) is 0.566. The molecule has 0 saturated carbocycles. The summed E-state index contributed by atoms with van der Waals surface area (Å²) in [5, 5.41) is 0. The first kappa shape index (κ1) is 12.9. The normalized spacial score (nSPS) is 9.60. The zero-order valence-corrected chi connectivity index (χ0v) is 8.21. The van der Waals surface area contributed by atoms with Gasteiger partial charge in [0.25, 0.3) is 0 Å². The fraction of sp³-hybridized carbons (Fsp3) is 1.00. The average Bonchev–Trinajstić information content (AvgIpc) is 1.80. The molecule has 0 aromatic heterocycles. The van der Waals surface area contributed by atoms with E-state index in [1.165, 1.54) is 32.2 Å². The number of unbranched alkanes of at least 4 members (excludes halogenated alkanes) is 3. The minimum absolute atomic E-state index is 0. The Bertz CT molecular complexity index is 55.2. The predicted molar refractivity (Wildman–Crippen MR) is 49.9 cm³/mol. The molecule has 0 aliphatic heterocycles. The van der Waals surface area contributed by atoms with Crippen molar-refractivity contribution < 1.29 is 0 Å². The van der Waals surface area contributed by atoms with Crippen LogP contribution in [-0.4, -0.2) is 25.5 Å². The van der Waals surface area contributed by atoms with Crippen LogP contribution in [0.3, 0.4) is 0 Å². The summed E-state index contributed by atoms with van der Waals surface area (Å²) in [6, 6.07) is 0. The molecule has 0 radical (unpaired) electrons. The lowest BCUT2D eigenvalue weighted by Gasteiger charge is -2.07. The van der Waals surface area contributed by atoms with Gasteiger partial charge in [-0.25, -0.2) is 0 Å². The van der Waals surface area contributed by atoms with E-state index in [2.05, 4.69) is 25.9 Å². The van der Waals surface area contributed by atoms with E-state index >= 15 is 0 Å². The van der Waals surface area contributed by atoms with Crippen LogP contribution in [0.15, 0.2) is 0 Å². The summed E-state index contributed by atoms with van der Waals surface area (Å²) in [6.45, 7) is 3.50. The Labute approximate surface area is 71.2 Å². The van der Waals surface area contributed by atoms with Crippen LogP contribution >= 0.6 is 12.4 Å². The zero-order valence-electron chi connectivity index (χ0n) is 7.39. The second kappa shape index (κ2) is 9.25. The Kier molecular flexibility index (Phi) is 11.9. The minimum atomic E-state index is 0. The number of rotatable bonds is 5. The molecule has 0 aromatic carbocycles. The molecule has 0 bridgehead atoms. The van der Waals surface area contributed by atoms with E-state index in [4.69, 9.17) is 0 Å². The van der Waals surface area contributed by atoms with E-state index in [1.54, 1.807) is 0 Å². The average molecular weight is 166 g/mol. The number of halogens is 1. The summed E-state index contributed by atoms with van der Waals surface area (Å²) in [5.74, 6) is 0. The maximum absolute atomic E-state index is 2.25. The van der Waals surface area contributed by atoms with E-state index in [0.717, 1.165) is 0 Å². The van der Waals surface area contributed by atoms with Crippen LogP contribution in [0, 0.1) is 0 Å². The van der Waals surface area contributed by atoms with Crippen molar-refractivity contribution in [2.45, 2.75) is 32.6 Å². The van der Waals surface area contributed by atoms with E-state index in [-0.39, 0.29) is 12.4 Å². The van der Waals surface area contributed by atoms with Gasteiger partial charge in [0.2, 0.25) is 0 Å². The van der Waals surface area contributed by atoms with Gasteiger partial charge in [-0.05, 0) is 27.1 Å². The first-order valence-electron chi connectivity index (χ1n) is 3.92. The van der Waals surface area contributed by atoms with E-state index in [9.17, 15) is 0 Å². The number of nitrogens with zero attached hydrogens (tertiary/aromatic N) is 1. The fourth-order valence-corrected chi connectivity index (χ4v) is 0.855. The van der Waals surface area contributed by atoms with Gasteiger partial charge < -0.3 is 4.90 Å². The molecular weight excluding hydrogens is 146 g/mol. The molecule has 0 heterocycles. The maximum Gasteiger partial charge on any atom is -0.00248 e. The predicted octanol–water partition coefficient (Wildman–Crippen LogP) is 2.55. The van der Waals surface area contributed by atoms with Gasteiger partial charge in [-0.3, -0.25) is 0 Å². The highest BCUT2D eigenvalue weighted by atomic mass is 35.5. The third kappa shape index (κ3) is 11.1. The van der Waals surface area contributed by atoms with Crippen molar-refractivity contribution in [3.05, 3.63) is 0 Å². The molecular formula is C8H20ClN. The Morgan fingerprint density at radius 1 is 1.00 bits per heavy atom. The molecule has 0 rings (SSSR count). The molecule has 0 unspecified atom stereocenters. The lowest BCUT2D eigenvalue weighted by Crippen LogP contribution is -2.12. The first-order valence-corrected chi connectivity index (χ1v) is 3.92. The van der Waals surface area contributed by atoms with Gasteiger partial charge in [-0.2, -0.15) is 0 Å². The van der Waals surface area contributed by atoms with E-state index in [0.29, 0.717) is 0 Å². The first-order chi connectivity index (χ1) is 4.27. The summed E-state index contributed by atoms with van der Waals surface area (Å²) >= 11 is 0. The van der Waals surface area contributed by atoms with Crippen LogP contribution in [-0.2, 0) is 0 Å². The molecule has 1 nitrogen and oxygen atoms in total. The van der Waals surface area contributed by atoms with Crippen LogP contribution in [0.2, 0.25) is 0 Å². The monoisotopic (exact) mass is 165 g/mol. The number of hydrogen-bond donors (Lipinski definition) is 0. The van der Waals surface area contributed by atoms with Crippen molar-refractivity contribution in [3.63, 3.8) is 0 Å². The smallest absolute Gasteiger partial charge is 0.00248 e. The molecule has 0 spiro atoms. The molecule has 2 heteroatoms. The standard InChI is InChI=1S/C8H19N.ClH/c1-4-5-6-7-8-9(2)3;/h4-8H2,1-3H3;1H. The molecule has 10 heavy (non-hydrogen) atoms. The topological polar surface area (TPSA) is 3.24 Å². The molecule has 0 amide bonds. The third-order valence-corrected chi connectivity index (χ3v) is 1.46. The summed E-state index contributed by atoms with van der Waals surface area (Å²) in [5.41, 5.74) is 0. The molecule has 0 fully saturated rings. The molecule has 0 N–H and O–H groups in total. The highest BCUT2D eigenvalue weighted by Gasteiger charge is 1.88. The van der Waals surface area contributed by atoms with Gasteiger partial charge in [0.15, 0.2) is 0 Å². The highest BCUT2D eigenvalue weighted by Crippen LogP contribution is 1.98. The SMILES string of the molecule is CCCCCCN(C)C.Cl. The van der Waals surface area contributed by atoms with E-state index in [1.807, 2.05) is 0 Å². The molecule has 0 atom stereocenters. The second-order valence-corrected chi connectivity index (χ2v) is 2.86. The Hall–Kier alpha value is 0.250. The molecule has 0 saturated heterocycles. The molecule has 0 aliphatic carbocycles. The van der Waals surface area contributed by atoms with Gasteiger partial charge in [0, 0.05) is 0 Å². The van der Waals surface area contributed by atoms with Crippen molar-refractivity contribution in [2.24, 2.45) is 0 Å². The van der Waals surface area contributed by atoms with Gasteiger partial charge in [-0.15, -0.1) is 12.4 Å². The molecule has 64 valence electrons. The van der Waals surface area contributed by atoms with Crippen molar-refractivity contribution in [1.29, 1.82) is 0 Å². The number of hydrogen-bond acceptors (Lipinski definition) is 1. The molecule has 0 aromatic rings. The Morgan fingerprint density at radius 3 is 2.00 bits per heavy atom. The summed E-state index contributed by atoms with van der Waals surface area (Å²) < 4.78 is 0. The lowest BCUT2D eigenvalue weighted by molar-refractivity contribution is 0.391. The van der Waals surface area contributed by atoms with Crippen molar-refractivity contribution in [2.75, 3.05) is 20.6 Å². The van der Waals surface area contributed by atoms with Crippen molar-refractivity contribution in [1.82, 2.24) is 4.90 Å². The largest absolute Gasteiger partial charge is 0.309 e. The molecule has 0 aliphatic rings. The van der Waals surface area contributed by atoms with Crippen LogP contribution in [0.25, 0.3) is 0 Å². The lowest BCUT2D eigenvalue weighted by atomic mass is 10.2. The maximum atomic E-state index is 2.25. The summed E-state index contributed by atoms with van der Waals surface area (Å²) in [7, 11) is 4.26. The Morgan fingerprint density at radius 2 is 1.60 bits per heavy atom. The highest BCUT2D eigenvalue weighted by molar-refractivity contribution is 5.85. The van der Waals surface area contributed by atoms with Gasteiger partial charge in [0.1, 0.15) is 0 Å². The summed E-state index contributed by atoms with van der Waals surface area (Å²) in [4.78, 5) is 2.25. The van der Waals surface area contributed by atoms with Gasteiger partial charge in [-0.1, -0.05) is 26.2 Å². The van der Waals surface area contributed by atoms with Gasteiger partial charge >= 0.3 is 0 Å². The summed E-state index contributed by atoms with van der Waals surface area (Å²) in [6.07, 6.45) is 5.50. The van der Waals surface area contributed by atoms with Crippen molar-refractivity contribution >= 4 is 12.4 Å². The fourth-order valence-electron chi connectivity index (χ4n) is 0.855. The van der Waals surface area contributed by atoms with Crippen molar-refractivity contribution in [3.8, 4) is 0 Å². The van der Waals surface area contributed by atoms with Crippen LogP contribution in [0.5, 0.6) is 0 Å².